The van der Waals surface area contributed by atoms with Gasteiger partial charge < -0.3 is 15.6 Å². The van der Waals surface area contributed by atoms with Crippen LogP contribution in [0.2, 0.25) is 0 Å². The normalized spacial score (nSPS) is 13.1. The summed E-state index contributed by atoms with van der Waals surface area (Å²) in [6, 6.07) is 19.3. The lowest BCUT2D eigenvalue weighted by atomic mass is 9.91. The number of carbonyl (C=O) groups excluding carboxylic acids is 2. The molecule has 5 aromatic rings. The Morgan fingerprint density at radius 1 is 1.06 bits per heavy atom. The molecule has 0 saturated carbocycles. The largest absolute Gasteiger partial charge is 0.366 e. The van der Waals surface area contributed by atoms with Gasteiger partial charge in [-0.1, -0.05) is 42.5 Å². The van der Waals surface area contributed by atoms with Crippen LogP contribution in [0.5, 0.6) is 0 Å². The molecule has 0 bridgehead atoms. The van der Waals surface area contributed by atoms with Crippen LogP contribution in [-0.4, -0.2) is 21.8 Å². The van der Waals surface area contributed by atoms with E-state index in [9.17, 15) is 9.59 Å². The average molecular weight is 432 g/mol. The van der Waals surface area contributed by atoms with Crippen molar-refractivity contribution in [2.45, 2.75) is 13.5 Å². The standard InChI is InChI=1S/C27H20N4O2/c1-15-21(26(28)32)24-23(19-10-4-5-11-20(19)30-24)22(16-8-6-12-29-13-16)25(15)31-14-17-7-2-3-9-18(17)27(31)33/h2-13,30H,14H2,1H3,(H2,28,32). The highest BCUT2D eigenvalue weighted by Crippen LogP contribution is 2.47. The van der Waals surface area contributed by atoms with Gasteiger partial charge in [-0.3, -0.25) is 14.6 Å². The van der Waals surface area contributed by atoms with Crippen molar-refractivity contribution in [2.75, 3.05) is 4.90 Å². The molecule has 3 heterocycles. The number of nitrogens with zero attached hydrogens (tertiary/aromatic N) is 2. The van der Waals surface area contributed by atoms with Gasteiger partial charge in [0, 0.05) is 45.4 Å². The molecule has 0 atom stereocenters. The second-order valence-electron chi connectivity index (χ2n) is 8.30. The molecule has 0 aliphatic carbocycles. The lowest BCUT2D eigenvalue weighted by Gasteiger charge is -2.25. The summed E-state index contributed by atoms with van der Waals surface area (Å²) in [4.78, 5) is 35.8. The van der Waals surface area contributed by atoms with Crippen molar-refractivity contribution in [1.29, 1.82) is 0 Å². The second kappa shape index (κ2) is 7.03. The molecule has 0 radical (unpaired) electrons. The van der Waals surface area contributed by atoms with E-state index in [1.165, 1.54) is 0 Å². The molecule has 6 heteroatoms. The maximum atomic E-state index is 13.5. The molecular weight excluding hydrogens is 412 g/mol. The molecule has 33 heavy (non-hydrogen) atoms. The second-order valence-corrected chi connectivity index (χ2v) is 8.30. The van der Waals surface area contributed by atoms with E-state index in [0.717, 1.165) is 33.0 Å². The number of aromatic amines is 1. The first-order chi connectivity index (χ1) is 16.1. The van der Waals surface area contributed by atoms with Gasteiger partial charge in [0.1, 0.15) is 0 Å². The SMILES string of the molecule is Cc1c(N2Cc3ccccc3C2=O)c(-c2cccnc2)c2c([nH]c3ccccc32)c1C(N)=O. The Hall–Kier alpha value is -4.45. The number of para-hydroxylation sites is 1. The molecule has 0 spiro atoms. The summed E-state index contributed by atoms with van der Waals surface area (Å²) in [5, 5.41) is 1.82. The molecule has 0 fully saturated rings. The van der Waals surface area contributed by atoms with E-state index < -0.39 is 5.91 Å². The van der Waals surface area contributed by atoms with Crippen LogP contribution in [0.4, 0.5) is 5.69 Å². The number of benzene rings is 3. The molecule has 6 nitrogen and oxygen atoms in total. The zero-order chi connectivity index (χ0) is 22.7. The number of aromatic nitrogens is 2. The first-order valence-electron chi connectivity index (χ1n) is 10.7. The number of hydrogen-bond donors (Lipinski definition) is 2. The van der Waals surface area contributed by atoms with Crippen LogP contribution in [-0.2, 0) is 6.54 Å². The highest BCUT2D eigenvalue weighted by atomic mass is 16.2. The number of rotatable bonds is 3. The summed E-state index contributed by atoms with van der Waals surface area (Å²) < 4.78 is 0. The number of fused-ring (bicyclic) bond motifs is 4. The maximum absolute atomic E-state index is 13.5. The Morgan fingerprint density at radius 3 is 2.61 bits per heavy atom. The fourth-order valence-electron chi connectivity index (χ4n) is 5.07. The minimum Gasteiger partial charge on any atom is -0.366 e. The van der Waals surface area contributed by atoms with Crippen LogP contribution in [0.15, 0.2) is 73.1 Å². The first kappa shape index (κ1) is 19.3. The molecule has 3 aromatic carbocycles. The van der Waals surface area contributed by atoms with E-state index in [2.05, 4.69) is 9.97 Å². The van der Waals surface area contributed by atoms with Gasteiger partial charge in [-0.15, -0.1) is 0 Å². The van der Waals surface area contributed by atoms with Crippen molar-refractivity contribution in [3.05, 3.63) is 95.3 Å². The van der Waals surface area contributed by atoms with E-state index in [-0.39, 0.29) is 5.91 Å². The van der Waals surface area contributed by atoms with E-state index in [1.54, 1.807) is 17.3 Å². The van der Waals surface area contributed by atoms with Crippen LogP contribution >= 0.6 is 0 Å². The Bertz CT molecular complexity index is 1600. The number of primary amides is 1. The van der Waals surface area contributed by atoms with E-state index in [0.29, 0.717) is 34.4 Å². The molecule has 160 valence electrons. The predicted octanol–water partition coefficient (Wildman–Crippen LogP) is 4.95. The summed E-state index contributed by atoms with van der Waals surface area (Å²) >= 11 is 0. The molecule has 3 N–H and O–H groups in total. The van der Waals surface area contributed by atoms with Gasteiger partial charge >= 0.3 is 0 Å². The number of hydrogen-bond acceptors (Lipinski definition) is 3. The summed E-state index contributed by atoms with van der Waals surface area (Å²) in [5.41, 5.74) is 12.6. The summed E-state index contributed by atoms with van der Waals surface area (Å²) in [5.74, 6) is -0.624. The van der Waals surface area contributed by atoms with Gasteiger partial charge in [-0.25, -0.2) is 0 Å². The number of H-pyrrole nitrogens is 1. The molecule has 2 amide bonds. The number of nitrogens with two attached hydrogens (primary N) is 1. The molecule has 6 rings (SSSR count). The fourth-order valence-corrected chi connectivity index (χ4v) is 5.07. The number of carbonyl (C=O) groups is 2. The summed E-state index contributed by atoms with van der Waals surface area (Å²) in [7, 11) is 0. The topological polar surface area (TPSA) is 92.1 Å². The Morgan fingerprint density at radius 2 is 1.85 bits per heavy atom. The van der Waals surface area contributed by atoms with Gasteiger partial charge in [-0.05, 0) is 36.2 Å². The number of anilines is 1. The van der Waals surface area contributed by atoms with Crippen LogP contribution in [0.1, 0.15) is 31.8 Å². The van der Waals surface area contributed by atoms with Crippen LogP contribution in [0, 0.1) is 6.92 Å². The van der Waals surface area contributed by atoms with Gasteiger partial charge in [0.05, 0.1) is 23.3 Å². The van der Waals surface area contributed by atoms with Crippen molar-refractivity contribution < 1.29 is 9.59 Å². The van der Waals surface area contributed by atoms with Gasteiger partial charge in [0.15, 0.2) is 0 Å². The van der Waals surface area contributed by atoms with Gasteiger partial charge in [0.25, 0.3) is 11.8 Å². The molecular formula is C27H20N4O2. The molecule has 0 unspecified atom stereocenters. The number of nitrogens with one attached hydrogen (secondary N) is 1. The molecule has 1 aliphatic rings. The Balaban J connectivity index is 1.79. The monoisotopic (exact) mass is 432 g/mol. The highest BCUT2D eigenvalue weighted by molar-refractivity contribution is 6.25. The predicted molar refractivity (Wildman–Crippen MR) is 129 cm³/mol. The van der Waals surface area contributed by atoms with Crippen molar-refractivity contribution in [3.63, 3.8) is 0 Å². The van der Waals surface area contributed by atoms with Crippen molar-refractivity contribution in [3.8, 4) is 11.1 Å². The number of pyridine rings is 1. The fraction of sp³-hybridized carbons (Fsp3) is 0.0741. The zero-order valence-corrected chi connectivity index (χ0v) is 17.9. The third kappa shape index (κ3) is 2.70. The first-order valence-corrected chi connectivity index (χ1v) is 10.7. The molecule has 2 aromatic heterocycles. The zero-order valence-electron chi connectivity index (χ0n) is 17.9. The highest BCUT2D eigenvalue weighted by Gasteiger charge is 2.34. The van der Waals surface area contributed by atoms with Crippen LogP contribution in [0.25, 0.3) is 32.9 Å². The lowest BCUT2D eigenvalue weighted by molar-refractivity contribution is 0.0987. The lowest BCUT2D eigenvalue weighted by Crippen LogP contribution is -2.26. The summed E-state index contributed by atoms with van der Waals surface area (Å²) in [6.45, 7) is 2.28. The Kier molecular flexibility index (Phi) is 4.10. The van der Waals surface area contributed by atoms with Gasteiger partial charge in [-0.2, -0.15) is 0 Å². The quantitative estimate of drug-likeness (QED) is 0.422. The van der Waals surface area contributed by atoms with E-state index >= 15 is 0 Å². The Labute approximate surface area is 189 Å². The third-order valence-electron chi connectivity index (χ3n) is 6.46. The number of amides is 2. The van der Waals surface area contributed by atoms with Crippen LogP contribution < -0.4 is 10.6 Å². The molecule has 0 saturated heterocycles. The van der Waals surface area contributed by atoms with E-state index in [1.807, 2.05) is 67.6 Å². The molecule has 1 aliphatic heterocycles. The van der Waals surface area contributed by atoms with Crippen LogP contribution in [0.3, 0.4) is 0 Å². The third-order valence-corrected chi connectivity index (χ3v) is 6.46. The van der Waals surface area contributed by atoms with Crippen molar-refractivity contribution in [1.82, 2.24) is 9.97 Å². The minimum absolute atomic E-state index is 0.0894. The van der Waals surface area contributed by atoms with Crippen molar-refractivity contribution >= 4 is 39.3 Å². The minimum atomic E-state index is -0.535. The summed E-state index contributed by atoms with van der Waals surface area (Å²) in [6.07, 6.45) is 3.51. The average Bonchev–Trinajstić information content (AvgIpc) is 3.36. The van der Waals surface area contributed by atoms with Gasteiger partial charge in [0.2, 0.25) is 0 Å². The van der Waals surface area contributed by atoms with Crippen molar-refractivity contribution in [2.24, 2.45) is 5.73 Å². The maximum Gasteiger partial charge on any atom is 0.258 e. The smallest absolute Gasteiger partial charge is 0.258 e. The van der Waals surface area contributed by atoms with E-state index in [4.69, 9.17) is 5.73 Å².